The summed E-state index contributed by atoms with van der Waals surface area (Å²) in [5.41, 5.74) is 6.11. The summed E-state index contributed by atoms with van der Waals surface area (Å²) >= 11 is 0. The number of aromatic nitrogens is 1. The molecule has 1 fully saturated rings. The lowest BCUT2D eigenvalue weighted by Crippen LogP contribution is -2.32. The van der Waals surface area contributed by atoms with E-state index in [1.807, 2.05) is 12.1 Å². The van der Waals surface area contributed by atoms with Crippen LogP contribution in [0.4, 0.5) is 5.82 Å². The number of nitrogens with two attached hydrogens (primary N) is 1. The van der Waals surface area contributed by atoms with Gasteiger partial charge in [-0.25, -0.2) is 4.98 Å². The van der Waals surface area contributed by atoms with Crippen LogP contribution in [0.2, 0.25) is 0 Å². The number of nitrogens with one attached hydrogen (secondary N) is 1. The molecule has 0 bridgehead atoms. The largest absolute Gasteiger partial charge is 0.389 e. The highest BCUT2D eigenvalue weighted by Crippen LogP contribution is 2.24. The number of hydrogen-bond acceptors (Lipinski definition) is 4. The minimum atomic E-state index is -0.586. The van der Waals surface area contributed by atoms with E-state index >= 15 is 0 Å². The van der Waals surface area contributed by atoms with Gasteiger partial charge in [0.1, 0.15) is 5.82 Å². The van der Waals surface area contributed by atoms with Crippen LogP contribution in [-0.4, -0.2) is 28.8 Å². The molecule has 0 radical (unpaired) electrons. The second-order valence-electron chi connectivity index (χ2n) is 4.59. The molecule has 2 rings (SSSR count). The number of nitrogens with zero attached hydrogens (tertiary/aromatic N) is 1. The molecule has 0 spiro atoms. The summed E-state index contributed by atoms with van der Waals surface area (Å²) in [5, 5.41) is 13.8. The van der Waals surface area contributed by atoms with Crippen LogP contribution in [0.1, 0.15) is 24.8 Å². The Morgan fingerprint density at radius 1 is 1.44 bits per heavy atom. The van der Waals surface area contributed by atoms with Crippen molar-refractivity contribution < 1.29 is 5.11 Å². The lowest BCUT2D eigenvalue weighted by molar-refractivity contribution is 0.0285. The fourth-order valence-electron chi connectivity index (χ4n) is 2.27. The maximum absolute atomic E-state index is 10.5. The van der Waals surface area contributed by atoms with E-state index in [2.05, 4.69) is 10.3 Å². The van der Waals surface area contributed by atoms with Crippen molar-refractivity contribution in [3.8, 4) is 0 Å². The van der Waals surface area contributed by atoms with Crippen molar-refractivity contribution in [2.45, 2.75) is 31.3 Å². The van der Waals surface area contributed by atoms with Gasteiger partial charge in [-0.2, -0.15) is 0 Å². The third kappa shape index (κ3) is 2.93. The molecule has 1 saturated heterocycles. The topological polar surface area (TPSA) is 71.2 Å². The molecule has 0 saturated carbocycles. The molecule has 1 aliphatic heterocycles. The van der Waals surface area contributed by atoms with Crippen molar-refractivity contribution in [1.82, 2.24) is 10.3 Å². The van der Waals surface area contributed by atoms with Crippen molar-refractivity contribution >= 4 is 5.82 Å². The molecule has 88 valence electrons. The molecular weight excluding hydrogens is 202 g/mol. The summed E-state index contributed by atoms with van der Waals surface area (Å²) in [4.78, 5) is 3.96. The summed E-state index contributed by atoms with van der Waals surface area (Å²) in [7, 11) is 0. The standard InChI is InChI=1S/C12H19N3O/c13-11-8-10(2-6-15-11)9-12(16)3-1-5-14-7-4-12/h2,6,8,14,16H,1,3-5,7,9H2,(H2,13,15). The van der Waals surface area contributed by atoms with E-state index < -0.39 is 5.60 Å². The Kier molecular flexibility index (Phi) is 3.41. The van der Waals surface area contributed by atoms with Crippen LogP contribution >= 0.6 is 0 Å². The van der Waals surface area contributed by atoms with E-state index in [-0.39, 0.29) is 0 Å². The first-order chi connectivity index (χ1) is 7.68. The Labute approximate surface area is 95.9 Å². The van der Waals surface area contributed by atoms with Gasteiger partial charge < -0.3 is 16.2 Å². The van der Waals surface area contributed by atoms with Gasteiger partial charge in [-0.05, 0) is 50.0 Å². The number of nitrogen functional groups attached to an aromatic ring is 1. The van der Waals surface area contributed by atoms with Crippen LogP contribution in [0.25, 0.3) is 0 Å². The smallest absolute Gasteiger partial charge is 0.123 e. The first-order valence-electron chi connectivity index (χ1n) is 5.81. The van der Waals surface area contributed by atoms with Crippen molar-refractivity contribution in [1.29, 1.82) is 0 Å². The van der Waals surface area contributed by atoms with E-state index in [4.69, 9.17) is 5.73 Å². The first kappa shape index (κ1) is 11.4. The zero-order valence-corrected chi connectivity index (χ0v) is 9.45. The number of anilines is 1. The second-order valence-corrected chi connectivity index (χ2v) is 4.59. The number of aliphatic hydroxyl groups is 1. The van der Waals surface area contributed by atoms with Crippen LogP contribution in [-0.2, 0) is 6.42 Å². The molecule has 2 heterocycles. The van der Waals surface area contributed by atoms with Crippen LogP contribution < -0.4 is 11.1 Å². The number of hydrogen-bond donors (Lipinski definition) is 3. The van der Waals surface area contributed by atoms with Crippen LogP contribution in [0, 0.1) is 0 Å². The van der Waals surface area contributed by atoms with Gasteiger partial charge in [0.05, 0.1) is 5.60 Å². The van der Waals surface area contributed by atoms with Crippen LogP contribution in [0.5, 0.6) is 0 Å². The average Bonchev–Trinajstić information content (AvgIpc) is 2.43. The van der Waals surface area contributed by atoms with E-state index in [0.717, 1.165) is 37.9 Å². The van der Waals surface area contributed by atoms with Gasteiger partial charge in [-0.3, -0.25) is 0 Å². The Balaban J connectivity index is 2.06. The summed E-state index contributed by atoms with van der Waals surface area (Å²) < 4.78 is 0. The van der Waals surface area contributed by atoms with Gasteiger partial charge in [0, 0.05) is 12.6 Å². The van der Waals surface area contributed by atoms with Crippen LogP contribution in [0.15, 0.2) is 18.3 Å². The third-order valence-electron chi connectivity index (χ3n) is 3.14. The maximum Gasteiger partial charge on any atom is 0.123 e. The van der Waals surface area contributed by atoms with Gasteiger partial charge in [-0.15, -0.1) is 0 Å². The third-order valence-corrected chi connectivity index (χ3v) is 3.14. The van der Waals surface area contributed by atoms with E-state index in [0.29, 0.717) is 12.2 Å². The highest BCUT2D eigenvalue weighted by Gasteiger charge is 2.28. The lowest BCUT2D eigenvalue weighted by Gasteiger charge is -2.26. The van der Waals surface area contributed by atoms with Crippen molar-refractivity contribution in [2.75, 3.05) is 18.8 Å². The van der Waals surface area contributed by atoms with Gasteiger partial charge in [0.15, 0.2) is 0 Å². The van der Waals surface area contributed by atoms with Crippen molar-refractivity contribution in [3.63, 3.8) is 0 Å². The molecule has 1 unspecified atom stereocenters. The molecule has 0 aliphatic carbocycles. The molecule has 4 heteroatoms. The highest BCUT2D eigenvalue weighted by atomic mass is 16.3. The zero-order chi connectivity index (χ0) is 11.4. The first-order valence-corrected chi connectivity index (χ1v) is 5.81. The van der Waals surface area contributed by atoms with Crippen molar-refractivity contribution in [2.24, 2.45) is 0 Å². The van der Waals surface area contributed by atoms with E-state index in [1.165, 1.54) is 0 Å². The fourth-order valence-corrected chi connectivity index (χ4v) is 2.27. The molecular formula is C12H19N3O. The van der Waals surface area contributed by atoms with Gasteiger partial charge in [-0.1, -0.05) is 0 Å². The second kappa shape index (κ2) is 4.80. The molecule has 4 N–H and O–H groups in total. The zero-order valence-electron chi connectivity index (χ0n) is 9.45. The molecule has 16 heavy (non-hydrogen) atoms. The van der Waals surface area contributed by atoms with Gasteiger partial charge >= 0.3 is 0 Å². The van der Waals surface area contributed by atoms with E-state index in [1.54, 1.807) is 6.20 Å². The predicted octanol–water partition coefficient (Wildman–Crippen LogP) is 0.711. The average molecular weight is 221 g/mol. The Hall–Kier alpha value is -1.13. The highest BCUT2D eigenvalue weighted by molar-refractivity contribution is 5.32. The Morgan fingerprint density at radius 2 is 2.31 bits per heavy atom. The Morgan fingerprint density at radius 3 is 3.12 bits per heavy atom. The molecule has 1 atom stereocenters. The summed E-state index contributed by atoms with van der Waals surface area (Å²) in [6, 6.07) is 3.77. The van der Waals surface area contributed by atoms with Crippen molar-refractivity contribution in [3.05, 3.63) is 23.9 Å². The number of rotatable bonds is 2. The monoisotopic (exact) mass is 221 g/mol. The van der Waals surface area contributed by atoms with Gasteiger partial charge in [0.25, 0.3) is 0 Å². The summed E-state index contributed by atoms with van der Waals surface area (Å²) in [6.45, 7) is 1.89. The molecule has 1 aromatic rings. The molecule has 1 aliphatic rings. The normalized spacial score (nSPS) is 26.3. The summed E-state index contributed by atoms with van der Waals surface area (Å²) in [5.74, 6) is 0.521. The fraction of sp³-hybridized carbons (Fsp3) is 0.583. The van der Waals surface area contributed by atoms with Gasteiger partial charge in [0.2, 0.25) is 0 Å². The minimum absolute atomic E-state index is 0.521. The van der Waals surface area contributed by atoms with E-state index in [9.17, 15) is 5.11 Å². The molecule has 1 aromatic heterocycles. The minimum Gasteiger partial charge on any atom is -0.389 e. The maximum atomic E-state index is 10.5. The lowest BCUT2D eigenvalue weighted by atomic mass is 9.88. The number of pyridine rings is 1. The summed E-state index contributed by atoms with van der Waals surface area (Å²) in [6.07, 6.45) is 5.04. The molecule has 4 nitrogen and oxygen atoms in total. The predicted molar refractivity (Wildman–Crippen MR) is 64.0 cm³/mol. The molecule has 0 aromatic carbocycles. The quantitative estimate of drug-likeness (QED) is 0.688. The SMILES string of the molecule is Nc1cc(CC2(O)CCCNCC2)ccn1. The molecule has 0 amide bonds. The van der Waals surface area contributed by atoms with Crippen LogP contribution in [0.3, 0.4) is 0 Å². The Bertz CT molecular complexity index is 346.